The largest absolute Gasteiger partial charge is 0.393 e. The summed E-state index contributed by atoms with van der Waals surface area (Å²) in [4.78, 5) is 0. The molecule has 0 aromatic carbocycles. The van der Waals surface area contributed by atoms with Gasteiger partial charge in [0.05, 0.1) is 6.10 Å². The van der Waals surface area contributed by atoms with Crippen molar-refractivity contribution in [2.75, 3.05) is 0 Å². The third-order valence-electron chi connectivity index (χ3n) is 3.14. The predicted molar refractivity (Wildman–Crippen MR) is 47.3 cm³/mol. The van der Waals surface area contributed by atoms with Crippen LogP contribution in [-0.4, -0.2) is 11.2 Å². The van der Waals surface area contributed by atoms with Crippen molar-refractivity contribution in [1.82, 2.24) is 0 Å². The van der Waals surface area contributed by atoms with E-state index in [-0.39, 0.29) is 6.10 Å². The van der Waals surface area contributed by atoms with Gasteiger partial charge in [-0.25, -0.2) is 0 Å². The zero-order valence-corrected chi connectivity index (χ0v) is 7.88. The lowest BCUT2D eigenvalue weighted by molar-refractivity contribution is 0.0777. The minimum absolute atomic E-state index is 0.0139. The molecular formula is C10H20O. The molecule has 0 aliphatic heterocycles. The molecule has 1 fully saturated rings. The fourth-order valence-corrected chi connectivity index (χ4v) is 1.95. The maximum atomic E-state index is 9.82. The van der Waals surface area contributed by atoms with Gasteiger partial charge in [-0.2, -0.15) is 0 Å². The van der Waals surface area contributed by atoms with E-state index in [1.54, 1.807) is 0 Å². The number of hydrogen-bond acceptors (Lipinski definition) is 1. The van der Waals surface area contributed by atoms with Gasteiger partial charge >= 0.3 is 0 Å². The summed E-state index contributed by atoms with van der Waals surface area (Å²) in [5, 5.41) is 9.82. The Hall–Kier alpha value is -0.0400. The van der Waals surface area contributed by atoms with Crippen molar-refractivity contribution in [3.8, 4) is 0 Å². The lowest BCUT2D eigenvalue weighted by Gasteiger charge is -2.19. The van der Waals surface area contributed by atoms with Gasteiger partial charge in [-0.3, -0.25) is 0 Å². The summed E-state index contributed by atoms with van der Waals surface area (Å²) >= 11 is 0. The van der Waals surface area contributed by atoms with Crippen LogP contribution in [0.2, 0.25) is 0 Å². The summed E-state index contributed by atoms with van der Waals surface area (Å²) in [5.41, 5.74) is 0. The van der Waals surface area contributed by atoms with Gasteiger partial charge in [0.15, 0.2) is 0 Å². The Bertz CT molecular complexity index is 118. The number of hydrogen-bond donors (Lipinski definition) is 1. The number of aliphatic hydroxyl groups excluding tert-OH is 1. The van der Waals surface area contributed by atoms with E-state index in [0.29, 0.717) is 11.8 Å². The minimum atomic E-state index is -0.0139. The van der Waals surface area contributed by atoms with Crippen LogP contribution in [0.25, 0.3) is 0 Å². The maximum Gasteiger partial charge on any atom is 0.0598 e. The van der Waals surface area contributed by atoms with Crippen LogP contribution >= 0.6 is 0 Å². The van der Waals surface area contributed by atoms with Crippen LogP contribution in [-0.2, 0) is 0 Å². The van der Waals surface area contributed by atoms with E-state index in [2.05, 4.69) is 20.8 Å². The van der Waals surface area contributed by atoms with Gasteiger partial charge in [-0.15, -0.1) is 0 Å². The molecule has 1 saturated carbocycles. The first-order valence-electron chi connectivity index (χ1n) is 4.88. The highest BCUT2D eigenvalue weighted by Crippen LogP contribution is 2.43. The standard InChI is InChI=1S/C10H20O/c1-4-8(5-2)10(11)9-6-7(9)3/h7-11H,4-6H2,1-3H3. The average molecular weight is 156 g/mol. The molecule has 0 aromatic heterocycles. The van der Waals surface area contributed by atoms with E-state index < -0.39 is 0 Å². The van der Waals surface area contributed by atoms with Gasteiger partial charge in [0.1, 0.15) is 0 Å². The van der Waals surface area contributed by atoms with Crippen molar-refractivity contribution >= 4 is 0 Å². The molecule has 0 bridgehead atoms. The molecule has 1 aliphatic carbocycles. The minimum Gasteiger partial charge on any atom is -0.393 e. The van der Waals surface area contributed by atoms with Gasteiger partial charge in [0.2, 0.25) is 0 Å². The molecule has 3 atom stereocenters. The molecule has 1 rings (SSSR count). The van der Waals surface area contributed by atoms with Crippen molar-refractivity contribution in [1.29, 1.82) is 0 Å². The average Bonchev–Trinajstić information content (AvgIpc) is 2.69. The Morgan fingerprint density at radius 3 is 2.09 bits per heavy atom. The molecule has 0 amide bonds. The Kier molecular flexibility index (Phi) is 2.94. The van der Waals surface area contributed by atoms with E-state index in [1.165, 1.54) is 6.42 Å². The van der Waals surface area contributed by atoms with E-state index in [1.807, 2.05) is 0 Å². The van der Waals surface area contributed by atoms with Crippen LogP contribution < -0.4 is 0 Å². The van der Waals surface area contributed by atoms with Crippen LogP contribution in [0.5, 0.6) is 0 Å². The summed E-state index contributed by atoms with van der Waals surface area (Å²) in [7, 11) is 0. The predicted octanol–water partition coefficient (Wildman–Crippen LogP) is 2.44. The Balaban J connectivity index is 2.32. The molecule has 11 heavy (non-hydrogen) atoms. The normalized spacial score (nSPS) is 32.5. The molecule has 0 saturated heterocycles. The van der Waals surface area contributed by atoms with Crippen molar-refractivity contribution in [3.05, 3.63) is 0 Å². The number of aliphatic hydroxyl groups is 1. The zero-order valence-electron chi connectivity index (χ0n) is 7.88. The second kappa shape index (κ2) is 3.57. The fourth-order valence-electron chi connectivity index (χ4n) is 1.95. The second-order valence-corrected chi connectivity index (χ2v) is 3.94. The highest BCUT2D eigenvalue weighted by atomic mass is 16.3. The molecule has 3 unspecified atom stereocenters. The fraction of sp³-hybridized carbons (Fsp3) is 1.00. The monoisotopic (exact) mass is 156 g/mol. The third kappa shape index (κ3) is 1.96. The first kappa shape index (κ1) is 9.05. The van der Waals surface area contributed by atoms with E-state index in [0.717, 1.165) is 18.8 Å². The van der Waals surface area contributed by atoms with Crippen molar-refractivity contribution in [2.45, 2.75) is 46.1 Å². The Labute approximate surface area is 69.8 Å². The Morgan fingerprint density at radius 2 is 1.82 bits per heavy atom. The van der Waals surface area contributed by atoms with E-state index >= 15 is 0 Å². The topological polar surface area (TPSA) is 20.2 Å². The SMILES string of the molecule is CCC(CC)C(O)C1CC1C. The van der Waals surface area contributed by atoms with Crippen LogP contribution in [0.3, 0.4) is 0 Å². The smallest absolute Gasteiger partial charge is 0.0598 e. The number of rotatable bonds is 4. The summed E-state index contributed by atoms with van der Waals surface area (Å²) < 4.78 is 0. The third-order valence-corrected chi connectivity index (χ3v) is 3.14. The summed E-state index contributed by atoms with van der Waals surface area (Å²) in [5.74, 6) is 1.95. The van der Waals surface area contributed by atoms with Gasteiger partial charge in [0.25, 0.3) is 0 Å². The lowest BCUT2D eigenvalue weighted by atomic mass is 9.93. The Morgan fingerprint density at radius 1 is 1.36 bits per heavy atom. The van der Waals surface area contributed by atoms with Crippen molar-refractivity contribution < 1.29 is 5.11 Å². The highest BCUT2D eigenvalue weighted by Gasteiger charge is 2.40. The summed E-state index contributed by atoms with van der Waals surface area (Å²) in [6, 6.07) is 0. The second-order valence-electron chi connectivity index (χ2n) is 3.94. The highest BCUT2D eigenvalue weighted by molar-refractivity contribution is 4.90. The first-order chi connectivity index (χ1) is 5.20. The van der Waals surface area contributed by atoms with E-state index in [9.17, 15) is 5.11 Å². The van der Waals surface area contributed by atoms with Gasteiger partial charge in [-0.1, -0.05) is 33.6 Å². The van der Waals surface area contributed by atoms with Crippen molar-refractivity contribution in [2.24, 2.45) is 17.8 Å². The maximum absolute atomic E-state index is 9.82. The molecular weight excluding hydrogens is 136 g/mol. The molecule has 1 heteroatoms. The zero-order chi connectivity index (χ0) is 8.43. The van der Waals surface area contributed by atoms with Crippen LogP contribution in [0.4, 0.5) is 0 Å². The lowest BCUT2D eigenvalue weighted by Crippen LogP contribution is -2.21. The van der Waals surface area contributed by atoms with Gasteiger partial charge < -0.3 is 5.11 Å². The molecule has 1 aliphatic rings. The van der Waals surface area contributed by atoms with Gasteiger partial charge in [0, 0.05) is 0 Å². The first-order valence-corrected chi connectivity index (χ1v) is 4.88. The molecule has 0 heterocycles. The van der Waals surface area contributed by atoms with Crippen LogP contribution in [0.15, 0.2) is 0 Å². The van der Waals surface area contributed by atoms with E-state index in [4.69, 9.17) is 0 Å². The quantitative estimate of drug-likeness (QED) is 0.663. The summed E-state index contributed by atoms with van der Waals surface area (Å²) in [6.45, 7) is 6.57. The van der Waals surface area contributed by atoms with Gasteiger partial charge in [-0.05, 0) is 24.2 Å². The molecule has 66 valence electrons. The van der Waals surface area contributed by atoms with Crippen LogP contribution in [0, 0.1) is 17.8 Å². The molecule has 0 spiro atoms. The molecule has 1 nitrogen and oxygen atoms in total. The molecule has 1 N–H and O–H groups in total. The van der Waals surface area contributed by atoms with Crippen molar-refractivity contribution in [3.63, 3.8) is 0 Å². The summed E-state index contributed by atoms with van der Waals surface area (Å²) in [6.07, 6.45) is 3.49. The van der Waals surface area contributed by atoms with Crippen LogP contribution in [0.1, 0.15) is 40.0 Å². The molecule has 0 aromatic rings. The molecule has 0 radical (unpaired) electrons.